The lowest BCUT2D eigenvalue weighted by atomic mass is 10.3. The van der Waals surface area contributed by atoms with Gasteiger partial charge < -0.3 is 11.1 Å². The predicted molar refractivity (Wildman–Crippen MR) is 51.1 cm³/mol. The summed E-state index contributed by atoms with van der Waals surface area (Å²) in [5, 5.41) is 3.23. The van der Waals surface area contributed by atoms with Crippen molar-refractivity contribution >= 4 is 5.69 Å². The first-order chi connectivity index (χ1) is 5.72. The zero-order chi connectivity index (χ0) is 8.97. The smallest absolute Gasteiger partial charge is 0.0529 e. The van der Waals surface area contributed by atoms with Gasteiger partial charge in [0.15, 0.2) is 0 Å². The highest BCUT2D eigenvalue weighted by atomic mass is 14.9. The number of nitrogens with one attached hydrogen (secondary N) is 1. The quantitative estimate of drug-likeness (QED) is 0.706. The number of nitrogens with two attached hydrogens (primary N) is 1. The molecule has 0 aliphatic carbocycles. The number of anilines is 1. The fraction of sp³-hybridized carbons (Fsp3) is 0.444. The Morgan fingerprint density at radius 2 is 2.33 bits per heavy atom. The monoisotopic (exact) mass is 165 g/mol. The normalized spacial score (nSPS) is 12.6. The van der Waals surface area contributed by atoms with Crippen molar-refractivity contribution in [3.8, 4) is 0 Å². The van der Waals surface area contributed by atoms with E-state index >= 15 is 0 Å². The molecule has 0 bridgehead atoms. The van der Waals surface area contributed by atoms with Crippen molar-refractivity contribution < 1.29 is 0 Å². The van der Waals surface area contributed by atoms with Crippen molar-refractivity contribution in [1.82, 2.24) is 4.98 Å². The van der Waals surface area contributed by atoms with Crippen LogP contribution in [0.4, 0.5) is 5.69 Å². The fourth-order valence-electron chi connectivity index (χ4n) is 0.897. The molecule has 0 saturated carbocycles. The lowest BCUT2D eigenvalue weighted by Crippen LogP contribution is -2.25. The van der Waals surface area contributed by atoms with Crippen LogP contribution in [0.1, 0.15) is 12.6 Å². The van der Waals surface area contributed by atoms with Crippen molar-refractivity contribution in [2.45, 2.75) is 19.9 Å². The second kappa shape index (κ2) is 4.07. The van der Waals surface area contributed by atoms with E-state index in [1.54, 1.807) is 0 Å². The van der Waals surface area contributed by atoms with E-state index in [4.69, 9.17) is 5.73 Å². The van der Waals surface area contributed by atoms with Gasteiger partial charge in [-0.3, -0.25) is 4.98 Å². The molecule has 3 heteroatoms. The van der Waals surface area contributed by atoms with Crippen LogP contribution in [0.25, 0.3) is 0 Å². The number of rotatable bonds is 3. The van der Waals surface area contributed by atoms with E-state index in [0.29, 0.717) is 12.6 Å². The Morgan fingerprint density at radius 3 is 2.83 bits per heavy atom. The summed E-state index contributed by atoms with van der Waals surface area (Å²) in [6.07, 6.45) is 1.82. The third-order valence-electron chi connectivity index (χ3n) is 1.68. The van der Waals surface area contributed by atoms with Crippen LogP contribution in [0.2, 0.25) is 0 Å². The highest BCUT2D eigenvalue weighted by Gasteiger charge is 1.97. The highest BCUT2D eigenvalue weighted by molar-refractivity contribution is 5.41. The van der Waals surface area contributed by atoms with Gasteiger partial charge in [0, 0.05) is 18.3 Å². The zero-order valence-electron chi connectivity index (χ0n) is 7.54. The topological polar surface area (TPSA) is 50.9 Å². The molecule has 3 N–H and O–H groups in total. The maximum Gasteiger partial charge on any atom is 0.0529 e. The third-order valence-corrected chi connectivity index (χ3v) is 1.68. The number of nitrogens with zero attached hydrogens (tertiary/aromatic N) is 1. The Labute approximate surface area is 73.0 Å². The van der Waals surface area contributed by atoms with Gasteiger partial charge in [-0.2, -0.15) is 0 Å². The van der Waals surface area contributed by atoms with Crippen molar-refractivity contribution in [2.24, 2.45) is 5.73 Å². The Balaban J connectivity index is 2.58. The van der Waals surface area contributed by atoms with Crippen LogP contribution in [0.5, 0.6) is 0 Å². The molecular weight excluding hydrogens is 150 g/mol. The highest BCUT2D eigenvalue weighted by Crippen LogP contribution is 2.06. The molecule has 0 spiro atoms. The number of hydrogen-bond acceptors (Lipinski definition) is 3. The summed E-state index contributed by atoms with van der Waals surface area (Å²) in [5.74, 6) is 0. The maximum absolute atomic E-state index is 5.47. The van der Waals surface area contributed by atoms with E-state index < -0.39 is 0 Å². The fourth-order valence-corrected chi connectivity index (χ4v) is 0.897. The van der Waals surface area contributed by atoms with Crippen LogP contribution < -0.4 is 11.1 Å². The molecule has 3 nitrogen and oxygen atoms in total. The second-order valence-electron chi connectivity index (χ2n) is 2.97. The molecule has 0 aliphatic heterocycles. The number of pyridine rings is 1. The summed E-state index contributed by atoms with van der Waals surface area (Å²) < 4.78 is 0. The first-order valence-corrected chi connectivity index (χ1v) is 4.11. The molecule has 0 amide bonds. The van der Waals surface area contributed by atoms with E-state index in [2.05, 4.69) is 10.3 Å². The van der Waals surface area contributed by atoms with E-state index in [-0.39, 0.29) is 0 Å². The van der Waals surface area contributed by atoms with Gasteiger partial charge in [-0.25, -0.2) is 0 Å². The lowest BCUT2D eigenvalue weighted by Gasteiger charge is -2.11. The summed E-state index contributed by atoms with van der Waals surface area (Å²) in [5.41, 5.74) is 7.52. The molecule has 1 rings (SSSR count). The number of aromatic nitrogens is 1. The molecule has 1 unspecified atom stereocenters. The molecule has 0 fully saturated rings. The number of hydrogen-bond donors (Lipinski definition) is 2. The Kier molecular flexibility index (Phi) is 3.05. The first kappa shape index (κ1) is 9.00. The second-order valence-corrected chi connectivity index (χ2v) is 2.97. The zero-order valence-corrected chi connectivity index (χ0v) is 7.54. The third kappa shape index (κ3) is 2.51. The first-order valence-electron chi connectivity index (χ1n) is 4.11. The summed E-state index contributed by atoms with van der Waals surface area (Å²) in [7, 11) is 0. The standard InChI is InChI=1S/C9H15N3/c1-7-3-4-9(6-11-7)12-8(2)5-10/h3-4,6,8,12H,5,10H2,1-2H3. The molecule has 0 aromatic carbocycles. The molecule has 1 aromatic rings. The van der Waals surface area contributed by atoms with Gasteiger partial charge in [0.2, 0.25) is 0 Å². The maximum atomic E-state index is 5.47. The van der Waals surface area contributed by atoms with Crippen molar-refractivity contribution in [3.05, 3.63) is 24.0 Å². The molecule has 0 aliphatic rings. The average Bonchev–Trinajstić information content (AvgIpc) is 2.09. The average molecular weight is 165 g/mol. The van der Waals surface area contributed by atoms with Crippen LogP contribution in [-0.2, 0) is 0 Å². The predicted octanol–water partition coefficient (Wildman–Crippen LogP) is 1.15. The van der Waals surface area contributed by atoms with Crippen molar-refractivity contribution in [1.29, 1.82) is 0 Å². The van der Waals surface area contributed by atoms with Gasteiger partial charge in [-0.1, -0.05) is 0 Å². The van der Waals surface area contributed by atoms with E-state index in [1.165, 1.54) is 0 Å². The molecule has 0 saturated heterocycles. The summed E-state index contributed by atoms with van der Waals surface area (Å²) in [6.45, 7) is 4.64. The molecule has 0 radical (unpaired) electrons. The molecule has 1 atom stereocenters. The van der Waals surface area contributed by atoms with E-state index in [9.17, 15) is 0 Å². The van der Waals surface area contributed by atoms with E-state index in [1.807, 2.05) is 32.2 Å². The van der Waals surface area contributed by atoms with Gasteiger partial charge >= 0.3 is 0 Å². The lowest BCUT2D eigenvalue weighted by molar-refractivity contribution is 0.803. The summed E-state index contributed by atoms with van der Waals surface area (Å²) >= 11 is 0. The summed E-state index contributed by atoms with van der Waals surface area (Å²) in [6, 6.07) is 4.29. The molecule has 66 valence electrons. The molecule has 1 aromatic heterocycles. The van der Waals surface area contributed by atoms with Gasteiger partial charge in [0.25, 0.3) is 0 Å². The van der Waals surface area contributed by atoms with Crippen LogP contribution >= 0.6 is 0 Å². The van der Waals surface area contributed by atoms with Crippen LogP contribution in [-0.4, -0.2) is 17.6 Å². The Morgan fingerprint density at radius 1 is 1.58 bits per heavy atom. The SMILES string of the molecule is Cc1ccc(NC(C)CN)cn1. The Hall–Kier alpha value is -1.09. The van der Waals surface area contributed by atoms with Crippen molar-refractivity contribution in [3.63, 3.8) is 0 Å². The van der Waals surface area contributed by atoms with Gasteiger partial charge in [-0.05, 0) is 26.0 Å². The minimum atomic E-state index is 0.300. The van der Waals surface area contributed by atoms with Crippen molar-refractivity contribution in [2.75, 3.05) is 11.9 Å². The van der Waals surface area contributed by atoms with E-state index in [0.717, 1.165) is 11.4 Å². The Bertz CT molecular complexity index is 230. The van der Waals surface area contributed by atoms with Crippen LogP contribution in [0.3, 0.4) is 0 Å². The molecule has 12 heavy (non-hydrogen) atoms. The largest absolute Gasteiger partial charge is 0.380 e. The molecule has 1 heterocycles. The van der Waals surface area contributed by atoms with Crippen LogP contribution in [0.15, 0.2) is 18.3 Å². The minimum Gasteiger partial charge on any atom is -0.380 e. The van der Waals surface area contributed by atoms with Gasteiger partial charge in [0.05, 0.1) is 11.9 Å². The minimum absolute atomic E-state index is 0.300. The van der Waals surface area contributed by atoms with Crippen LogP contribution in [0, 0.1) is 6.92 Å². The van der Waals surface area contributed by atoms with Gasteiger partial charge in [0.1, 0.15) is 0 Å². The summed E-state index contributed by atoms with van der Waals surface area (Å²) in [4.78, 5) is 4.16. The molecular formula is C9H15N3. The van der Waals surface area contributed by atoms with Gasteiger partial charge in [-0.15, -0.1) is 0 Å². The number of aryl methyl sites for hydroxylation is 1.